The lowest BCUT2D eigenvalue weighted by Crippen LogP contribution is -2.50. The number of nitrogens with zero attached hydrogens (tertiary/aromatic N) is 2. The molecule has 0 radical (unpaired) electrons. The highest BCUT2D eigenvalue weighted by Crippen LogP contribution is 2.47. The van der Waals surface area contributed by atoms with Crippen LogP contribution in [0.25, 0.3) is 0 Å². The van der Waals surface area contributed by atoms with Crippen molar-refractivity contribution in [3.63, 3.8) is 0 Å². The summed E-state index contributed by atoms with van der Waals surface area (Å²) in [5, 5.41) is 2.71. The van der Waals surface area contributed by atoms with Crippen molar-refractivity contribution in [1.82, 2.24) is 10.2 Å². The zero-order chi connectivity index (χ0) is 31.4. The van der Waals surface area contributed by atoms with Crippen LogP contribution in [0.3, 0.4) is 0 Å². The quantitative estimate of drug-likeness (QED) is 0.323. The summed E-state index contributed by atoms with van der Waals surface area (Å²) in [6.45, 7) is 9.64. The molecule has 4 rings (SSSR count). The number of rotatable bonds is 9. The topological polar surface area (TPSA) is 88.2 Å². The van der Waals surface area contributed by atoms with E-state index in [1.165, 1.54) is 24.3 Å². The summed E-state index contributed by atoms with van der Waals surface area (Å²) >= 11 is 0. The number of halogens is 3. The van der Waals surface area contributed by atoms with Crippen LogP contribution in [-0.4, -0.2) is 54.4 Å². The molecule has 0 atom stereocenters. The number of hydrogen-bond acceptors (Lipinski definition) is 5. The maximum Gasteiger partial charge on any atom is 0.573 e. The van der Waals surface area contributed by atoms with Gasteiger partial charge in [0.25, 0.3) is 5.91 Å². The number of amides is 3. The van der Waals surface area contributed by atoms with Crippen LogP contribution in [0.2, 0.25) is 0 Å². The zero-order valence-electron chi connectivity index (χ0n) is 25.1. The molecular formula is C32H40F3N3O5. The van der Waals surface area contributed by atoms with Gasteiger partial charge in [0, 0.05) is 24.3 Å². The average Bonchev–Trinajstić information content (AvgIpc) is 3.19. The first-order chi connectivity index (χ1) is 20.2. The molecule has 1 saturated carbocycles. The Hall–Kier alpha value is -3.76. The molecule has 43 heavy (non-hydrogen) atoms. The molecule has 2 aromatic rings. The van der Waals surface area contributed by atoms with E-state index in [4.69, 9.17) is 4.74 Å². The average molecular weight is 604 g/mol. The summed E-state index contributed by atoms with van der Waals surface area (Å²) < 4.78 is 46.9. The van der Waals surface area contributed by atoms with Crippen LogP contribution in [0.15, 0.2) is 48.5 Å². The molecule has 8 nitrogen and oxygen atoms in total. The number of nitrogens with one attached hydrogen (secondary N) is 1. The highest BCUT2D eigenvalue weighted by Gasteiger charge is 2.52. The molecule has 1 heterocycles. The second kappa shape index (κ2) is 12.9. The van der Waals surface area contributed by atoms with Crippen LogP contribution in [0.4, 0.5) is 23.7 Å². The van der Waals surface area contributed by atoms with E-state index >= 15 is 0 Å². The summed E-state index contributed by atoms with van der Waals surface area (Å²) in [5.74, 6) is -0.512. The third-order valence-electron chi connectivity index (χ3n) is 8.49. The van der Waals surface area contributed by atoms with Gasteiger partial charge in [0.2, 0.25) is 0 Å². The van der Waals surface area contributed by atoms with Crippen LogP contribution in [0, 0.1) is 11.3 Å². The largest absolute Gasteiger partial charge is 0.573 e. The number of urea groups is 1. The van der Waals surface area contributed by atoms with Crippen LogP contribution in [-0.2, 0) is 16.1 Å². The van der Waals surface area contributed by atoms with Gasteiger partial charge in [0.1, 0.15) is 5.75 Å². The zero-order valence-corrected chi connectivity index (χ0v) is 25.1. The molecule has 2 aromatic carbocycles. The fourth-order valence-corrected chi connectivity index (χ4v) is 6.07. The number of carbonyl (C=O) groups excluding carboxylic acids is 3. The van der Waals surface area contributed by atoms with Crippen LogP contribution >= 0.6 is 0 Å². The number of anilines is 1. The predicted octanol–water partition coefficient (Wildman–Crippen LogP) is 6.69. The monoisotopic (exact) mass is 603 g/mol. The lowest BCUT2D eigenvalue weighted by Gasteiger charge is -2.45. The highest BCUT2D eigenvalue weighted by molar-refractivity contribution is 5.96. The van der Waals surface area contributed by atoms with Crippen molar-refractivity contribution in [2.24, 2.45) is 11.3 Å². The van der Waals surface area contributed by atoms with E-state index in [2.05, 4.69) is 30.8 Å². The first-order valence-electron chi connectivity index (χ1n) is 14.7. The van der Waals surface area contributed by atoms with Gasteiger partial charge in [0.05, 0.1) is 25.1 Å². The molecular weight excluding hydrogens is 563 g/mol. The van der Waals surface area contributed by atoms with Crippen molar-refractivity contribution in [3.8, 4) is 5.75 Å². The van der Waals surface area contributed by atoms with Gasteiger partial charge in [-0.3, -0.25) is 14.5 Å². The molecule has 234 valence electrons. The Bertz CT molecular complexity index is 1280. The standard InChI is InChI=1S/C32H40F3N3O5/c1-5-42-27(39)16-19-36-28(40)23-8-6-22(7-9-23)20-38-29(41)37(25-10-12-26(13-11-25)43-32(33,34)35)21-31(38)17-14-24(15-18-31)30(2,3)4/h6-13,24H,5,14-21H2,1-4H3,(H,36,40). The second-order valence-corrected chi connectivity index (χ2v) is 12.4. The Morgan fingerprint density at radius 3 is 2.19 bits per heavy atom. The van der Waals surface area contributed by atoms with E-state index in [-0.39, 0.29) is 48.6 Å². The highest BCUT2D eigenvalue weighted by atomic mass is 19.4. The van der Waals surface area contributed by atoms with Gasteiger partial charge < -0.3 is 19.7 Å². The van der Waals surface area contributed by atoms with Crippen molar-refractivity contribution < 1.29 is 37.0 Å². The van der Waals surface area contributed by atoms with Crippen LogP contribution < -0.4 is 15.0 Å². The van der Waals surface area contributed by atoms with E-state index in [1.54, 1.807) is 24.0 Å². The number of benzene rings is 2. The molecule has 2 fully saturated rings. The number of esters is 1. The molecule has 1 aliphatic carbocycles. The number of carbonyl (C=O) groups is 3. The maximum atomic E-state index is 13.9. The number of alkyl halides is 3. The van der Waals surface area contributed by atoms with Crippen LogP contribution in [0.1, 0.15) is 75.7 Å². The molecule has 1 aliphatic heterocycles. The SMILES string of the molecule is CCOC(=O)CCNC(=O)c1ccc(CN2C(=O)N(c3ccc(OC(F)(F)F)cc3)CC23CCC(C(C)(C)C)CC3)cc1. The summed E-state index contributed by atoms with van der Waals surface area (Å²) in [5.41, 5.74) is 1.51. The van der Waals surface area contributed by atoms with Gasteiger partial charge in [0.15, 0.2) is 0 Å². The van der Waals surface area contributed by atoms with Gasteiger partial charge >= 0.3 is 18.4 Å². The maximum absolute atomic E-state index is 13.9. The summed E-state index contributed by atoms with van der Waals surface area (Å²) in [6, 6.07) is 12.2. The Morgan fingerprint density at radius 2 is 1.63 bits per heavy atom. The van der Waals surface area contributed by atoms with Gasteiger partial charge in [-0.15, -0.1) is 13.2 Å². The fraction of sp³-hybridized carbons (Fsp3) is 0.531. The fourth-order valence-electron chi connectivity index (χ4n) is 6.07. The minimum atomic E-state index is -4.80. The molecule has 0 aromatic heterocycles. The Morgan fingerprint density at radius 1 is 1.00 bits per heavy atom. The first-order valence-corrected chi connectivity index (χ1v) is 14.7. The summed E-state index contributed by atoms with van der Waals surface area (Å²) in [6.07, 6.45) is -1.16. The number of hydrogen-bond donors (Lipinski definition) is 1. The molecule has 2 aliphatic rings. The lowest BCUT2D eigenvalue weighted by atomic mass is 9.67. The van der Waals surface area contributed by atoms with Crippen molar-refractivity contribution >= 4 is 23.6 Å². The van der Waals surface area contributed by atoms with Crippen molar-refractivity contribution in [2.45, 2.75) is 78.2 Å². The molecule has 1 N–H and O–H groups in total. The summed E-state index contributed by atoms with van der Waals surface area (Å²) in [4.78, 5) is 41.5. The lowest BCUT2D eigenvalue weighted by molar-refractivity contribution is -0.274. The van der Waals surface area contributed by atoms with Gasteiger partial charge in [-0.25, -0.2) is 4.79 Å². The van der Waals surface area contributed by atoms with Crippen molar-refractivity contribution in [1.29, 1.82) is 0 Å². The Balaban J connectivity index is 1.50. The molecule has 0 unspecified atom stereocenters. The third-order valence-corrected chi connectivity index (χ3v) is 8.49. The van der Waals surface area contributed by atoms with E-state index < -0.39 is 11.9 Å². The Labute approximate surface area is 250 Å². The molecule has 3 amide bonds. The molecule has 1 saturated heterocycles. The first kappa shape index (κ1) is 32.2. The normalized spacial score (nSPS) is 20.8. The molecule has 0 bridgehead atoms. The second-order valence-electron chi connectivity index (χ2n) is 12.4. The molecule has 11 heteroatoms. The van der Waals surface area contributed by atoms with Crippen molar-refractivity contribution in [3.05, 3.63) is 59.7 Å². The van der Waals surface area contributed by atoms with E-state index in [1.807, 2.05) is 17.0 Å². The van der Waals surface area contributed by atoms with Gasteiger partial charge in [-0.2, -0.15) is 0 Å². The Kier molecular flexibility index (Phi) is 9.61. The van der Waals surface area contributed by atoms with E-state index in [0.717, 1.165) is 31.2 Å². The minimum Gasteiger partial charge on any atom is -0.466 e. The van der Waals surface area contributed by atoms with Gasteiger partial charge in [-0.1, -0.05) is 32.9 Å². The minimum absolute atomic E-state index is 0.0848. The van der Waals surface area contributed by atoms with Crippen LogP contribution in [0.5, 0.6) is 5.75 Å². The smallest absolute Gasteiger partial charge is 0.466 e. The van der Waals surface area contributed by atoms with Crippen molar-refractivity contribution in [2.75, 3.05) is 24.6 Å². The van der Waals surface area contributed by atoms with E-state index in [9.17, 15) is 27.6 Å². The predicted molar refractivity (Wildman–Crippen MR) is 156 cm³/mol. The van der Waals surface area contributed by atoms with Gasteiger partial charge in [-0.05, 0) is 85.9 Å². The molecule has 1 spiro atoms. The number of ether oxygens (including phenoxy) is 2. The third kappa shape index (κ3) is 8.00. The summed E-state index contributed by atoms with van der Waals surface area (Å²) in [7, 11) is 0. The van der Waals surface area contributed by atoms with E-state index in [0.29, 0.717) is 30.3 Å².